The first kappa shape index (κ1) is 24.5. The quantitative estimate of drug-likeness (QED) is 0.714. The number of β-amino-alcohol motifs (C(OH)–C–C–N with tert-alkyl or cyclic N) is 1. The van der Waals surface area contributed by atoms with Crippen LogP contribution in [-0.2, 0) is 9.47 Å². The van der Waals surface area contributed by atoms with Gasteiger partial charge in [0, 0.05) is 18.7 Å². The standard InChI is InChI=1S/C26H31N3O6/c1-16(2)35-25(32)28-14-17(3)29(26(33)34-4)22-10-9-20(13-23(22)28)18-5-7-19(8-6-18)24(31)27-12-11-21(30)15-27/h5-10,13,16-17,21,30H,11-12,14-15H2,1-4H3/t17-,21-/m0/s1. The minimum absolute atomic E-state index is 0.108. The van der Waals surface area contributed by atoms with Crippen molar-refractivity contribution in [3.8, 4) is 11.1 Å². The van der Waals surface area contributed by atoms with E-state index in [2.05, 4.69) is 0 Å². The number of methoxy groups -OCH3 is 1. The van der Waals surface area contributed by atoms with E-state index in [0.717, 1.165) is 11.1 Å². The van der Waals surface area contributed by atoms with Crippen molar-refractivity contribution >= 4 is 29.5 Å². The summed E-state index contributed by atoms with van der Waals surface area (Å²) in [7, 11) is 1.33. The molecule has 2 aromatic rings. The lowest BCUT2D eigenvalue weighted by molar-refractivity contribution is 0.0765. The summed E-state index contributed by atoms with van der Waals surface area (Å²) in [6.45, 7) is 6.57. The van der Waals surface area contributed by atoms with Crippen LogP contribution in [0.4, 0.5) is 21.0 Å². The molecule has 1 fully saturated rings. The van der Waals surface area contributed by atoms with Gasteiger partial charge in [-0.15, -0.1) is 0 Å². The Bertz CT molecular complexity index is 1120. The van der Waals surface area contributed by atoms with Gasteiger partial charge in [0.15, 0.2) is 0 Å². The van der Waals surface area contributed by atoms with Crippen LogP contribution in [0.15, 0.2) is 42.5 Å². The van der Waals surface area contributed by atoms with Crippen molar-refractivity contribution in [1.82, 2.24) is 4.90 Å². The van der Waals surface area contributed by atoms with Gasteiger partial charge in [-0.1, -0.05) is 18.2 Å². The second-order valence-electron chi connectivity index (χ2n) is 9.21. The fourth-order valence-corrected chi connectivity index (χ4v) is 4.53. The highest BCUT2D eigenvalue weighted by Gasteiger charge is 2.36. The largest absolute Gasteiger partial charge is 0.452 e. The fraction of sp³-hybridized carbons (Fsp3) is 0.423. The monoisotopic (exact) mass is 481 g/mol. The third-order valence-corrected chi connectivity index (χ3v) is 6.26. The number of hydrogen-bond acceptors (Lipinski definition) is 6. The molecule has 0 unspecified atom stereocenters. The van der Waals surface area contributed by atoms with Crippen LogP contribution in [0.25, 0.3) is 11.1 Å². The summed E-state index contributed by atoms with van der Waals surface area (Å²) in [4.78, 5) is 42.8. The van der Waals surface area contributed by atoms with E-state index in [1.54, 1.807) is 41.8 Å². The van der Waals surface area contributed by atoms with Gasteiger partial charge in [0.1, 0.15) is 0 Å². The Morgan fingerprint density at radius 3 is 2.26 bits per heavy atom. The lowest BCUT2D eigenvalue weighted by Gasteiger charge is -2.40. The van der Waals surface area contributed by atoms with E-state index in [-0.39, 0.29) is 24.6 Å². The number of amides is 3. The molecule has 2 heterocycles. The molecule has 2 aliphatic heterocycles. The number of fused-ring (bicyclic) bond motifs is 1. The Morgan fingerprint density at radius 1 is 0.971 bits per heavy atom. The zero-order chi connectivity index (χ0) is 25.3. The molecule has 9 nitrogen and oxygen atoms in total. The maximum atomic E-state index is 12.9. The van der Waals surface area contributed by atoms with E-state index in [4.69, 9.17) is 9.47 Å². The lowest BCUT2D eigenvalue weighted by atomic mass is 10.00. The summed E-state index contributed by atoms with van der Waals surface area (Å²) in [5.74, 6) is -0.108. The first-order chi connectivity index (χ1) is 16.7. The summed E-state index contributed by atoms with van der Waals surface area (Å²) >= 11 is 0. The molecule has 0 aliphatic carbocycles. The van der Waals surface area contributed by atoms with Gasteiger partial charge in [0.05, 0.1) is 43.3 Å². The zero-order valence-corrected chi connectivity index (χ0v) is 20.4. The normalized spacial score (nSPS) is 19.5. The number of ether oxygens (including phenoxy) is 2. The molecular weight excluding hydrogens is 450 g/mol. The molecule has 0 bridgehead atoms. The number of carbonyl (C=O) groups excluding carboxylic acids is 3. The molecule has 186 valence electrons. The molecule has 1 saturated heterocycles. The number of aliphatic hydroxyl groups is 1. The van der Waals surface area contributed by atoms with Crippen molar-refractivity contribution < 1.29 is 29.0 Å². The highest BCUT2D eigenvalue weighted by molar-refractivity contribution is 6.02. The van der Waals surface area contributed by atoms with Crippen molar-refractivity contribution in [1.29, 1.82) is 0 Å². The number of carbonyl (C=O) groups is 3. The molecule has 0 aromatic heterocycles. The van der Waals surface area contributed by atoms with E-state index < -0.39 is 18.3 Å². The average Bonchev–Trinajstić information content (AvgIpc) is 3.28. The highest BCUT2D eigenvalue weighted by Crippen LogP contribution is 2.39. The van der Waals surface area contributed by atoms with E-state index in [0.29, 0.717) is 36.4 Å². The van der Waals surface area contributed by atoms with Gasteiger partial charge in [-0.25, -0.2) is 9.59 Å². The molecule has 2 atom stereocenters. The average molecular weight is 482 g/mol. The van der Waals surface area contributed by atoms with Crippen LogP contribution in [0.2, 0.25) is 0 Å². The number of benzene rings is 2. The SMILES string of the molecule is COC(=O)N1c2ccc(-c3ccc(C(=O)N4CC[C@H](O)C4)cc3)cc2N(C(=O)OC(C)C)C[C@@H]1C. The van der Waals surface area contributed by atoms with Crippen LogP contribution in [0.3, 0.4) is 0 Å². The number of hydrogen-bond donors (Lipinski definition) is 1. The molecule has 3 amide bonds. The second kappa shape index (κ2) is 9.95. The molecule has 35 heavy (non-hydrogen) atoms. The number of nitrogens with zero attached hydrogens (tertiary/aromatic N) is 3. The molecule has 1 N–H and O–H groups in total. The Morgan fingerprint density at radius 2 is 1.66 bits per heavy atom. The van der Waals surface area contributed by atoms with Crippen LogP contribution >= 0.6 is 0 Å². The lowest BCUT2D eigenvalue weighted by Crippen LogP contribution is -2.52. The minimum Gasteiger partial charge on any atom is -0.452 e. The molecule has 2 aliphatic rings. The van der Waals surface area contributed by atoms with Crippen LogP contribution in [0.5, 0.6) is 0 Å². The maximum Gasteiger partial charge on any atom is 0.414 e. The molecule has 9 heteroatoms. The van der Waals surface area contributed by atoms with Crippen molar-refractivity contribution in [3.63, 3.8) is 0 Å². The predicted molar refractivity (Wildman–Crippen MR) is 132 cm³/mol. The van der Waals surface area contributed by atoms with Crippen LogP contribution in [-0.4, -0.2) is 73.1 Å². The van der Waals surface area contributed by atoms with Crippen LogP contribution < -0.4 is 9.80 Å². The topological polar surface area (TPSA) is 99.6 Å². The third kappa shape index (κ3) is 4.95. The first-order valence-corrected chi connectivity index (χ1v) is 11.8. The maximum absolute atomic E-state index is 12.9. The number of rotatable bonds is 3. The Labute approximate surface area is 204 Å². The number of likely N-dealkylation sites (tertiary alicyclic amines) is 1. The summed E-state index contributed by atoms with van der Waals surface area (Å²) < 4.78 is 10.4. The van der Waals surface area contributed by atoms with Crippen molar-refractivity contribution in [2.24, 2.45) is 0 Å². The summed E-state index contributed by atoms with van der Waals surface area (Å²) in [5, 5.41) is 9.72. The van der Waals surface area contributed by atoms with E-state index >= 15 is 0 Å². The Balaban J connectivity index is 1.67. The summed E-state index contributed by atoms with van der Waals surface area (Å²) in [6, 6.07) is 12.4. The first-order valence-electron chi connectivity index (χ1n) is 11.8. The van der Waals surface area contributed by atoms with Gasteiger partial charge in [-0.2, -0.15) is 0 Å². The Hall–Kier alpha value is -3.59. The van der Waals surface area contributed by atoms with Crippen LogP contribution in [0, 0.1) is 0 Å². The van der Waals surface area contributed by atoms with E-state index in [1.807, 2.05) is 31.2 Å². The zero-order valence-electron chi connectivity index (χ0n) is 20.4. The molecule has 0 radical (unpaired) electrons. The molecule has 4 rings (SSSR count). The number of anilines is 2. The number of aliphatic hydroxyl groups excluding tert-OH is 1. The Kier molecular flexibility index (Phi) is 6.98. The fourth-order valence-electron chi connectivity index (χ4n) is 4.53. The smallest absolute Gasteiger partial charge is 0.414 e. The second-order valence-corrected chi connectivity index (χ2v) is 9.21. The molecule has 0 spiro atoms. The molecule has 0 saturated carbocycles. The van der Waals surface area contributed by atoms with Gasteiger partial charge in [0.25, 0.3) is 5.91 Å². The predicted octanol–water partition coefficient (Wildman–Crippen LogP) is 3.89. The van der Waals surface area contributed by atoms with Gasteiger partial charge >= 0.3 is 12.2 Å². The van der Waals surface area contributed by atoms with Crippen molar-refractivity contribution in [3.05, 3.63) is 48.0 Å². The summed E-state index contributed by atoms with van der Waals surface area (Å²) in [6.07, 6.45) is -1.14. The third-order valence-electron chi connectivity index (χ3n) is 6.26. The highest BCUT2D eigenvalue weighted by atomic mass is 16.6. The van der Waals surface area contributed by atoms with Gasteiger partial charge in [-0.05, 0) is 62.6 Å². The van der Waals surface area contributed by atoms with Gasteiger partial charge in [0.2, 0.25) is 0 Å². The van der Waals surface area contributed by atoms with Crippen LogP contribution in [0.1, 0.15) is 37.6 Å². The van der Waals surface area contributed by atoms with E-state index in [1.165, 1.54) is 12.0 Å². The van der Waals surface area contributed by atoms with Gasteiger partial charge in [-0.3, -0.25) is 14.6 Å². The molecular formula is C26H31N3O6. The van der Waals surface area contributed by atoms with Gasteiger partial charge < -0.3 is 19.5 Å². The van der Waals surface area contributed by atoms with E-state index in [9.17, 15) is 19.5 Å². The molecule has 2 aromatic carbocycles. The van der Waals surface area contributed by atoms with Crippen molar-refractivity contribution in [2.45, 2.75) is 45.4 Å². The van der Waals surface area contributed by atoms with Crippen molar-refractivity contribution in [2.75, 3.05) is 36.5 Å². The minimum atomic E-state index is -0.502. The summed E-state index contributed by atoms with van der Waals surface area (Å²) in [5.41, 5.74) is 3.32.